The SMILES string of the molecule is CCCCNc1nc(N)c2c(n1)N(Cc1ccc(CO)cc1)C(=O)C2. The number of rotatable bonds is 7. The summed E-state index contributed by atoms with van der Waals surface area (Å²) >= 11 is 0. The number of carbonyl (C=O) groups is 1. The second-order valence-corrected chi connectivity index (χ2v) is 6.15. The Morgan fingerprint density at radius 2 is 1.96 bits per heavy atom. The first-order valence-electron chi connectivity index (χ1n) is 8.51. The minimum Gasteiger partial charge on any atom is -0.392 e. The lowest BCUT2D eigenvalue weighted by Gasteiger charge is -2.17. The van der Waals surface area contributed by atoms with Crippen molar-refractivity contribution in [1.29, 1.82) is 0 Å². The number of amides is 1. The van der Waals surface area contributed by atoms with Gasteiger partial charge in [0.05, 0.1) is 19.6 Å². The fourth-order valence-electron chi connectivity index (χ4n) is 2.80. The standard InChI is InChI=1S/C18H23N5O2/c1-2-3-8-20-18-21-16(19)14-9-15(25)23(17(14)22-18)10-12-4-6-13(11-24)7-5-12/h4-7,24H,2-3,8-11H2,1H3,(H3,19,20,21,22). The number of aliphatic hydroxyl groups excluding tert-OH is 1. The molecule has 0 unspecified atom stereocenters. The van der Waals surface area contributed by atoms with Crippen LogP contribution in [0.15, 0.2) is 24.3 Å². The van der Waals surface area contributed by atoms with Crippen molar-refractivity contribution in [2.24, 2.45) is 0 Å². The van der Waals surface area contributed by atoms with Gasteiger partial charge in [0, 0.05) is 12.1 Å². The zero-order chi connectivity index (χ0) is 17.8. The fraction of sp³-hybridized carbons (Fsp3) is 0.389. The molecule has 2 aromatic rings. The number of hydrogen-bond donors (Lipinski definition) is 3. The maximum atomic E-state index is 12.4. The summed E-state index contributed by atoms with van der Waals surface area (Å²) in [6, 6.07) is 7.51. The molecule has 1 aromatic carbocycles. The molecule has 2 heterocycles. The number of nitrogen functional groups attached to an aromatic ring is 1. The Kier molecular flexibility index (Phi) is 5.14. The van der Waals surface area contributed by atoms with E-state index in [4.69, 9.17) is 10.8 Å². The van der Waals surface area contributed by atoms with Gasteiger partial charge >= 0.3 is 0 Å². The Morgan fingerprint density at radius 1 is 1.24 bits per heavy atom. The van der Waals surface area contributed by atoms with Gasteiger partial charge in [-0.25, -0.2) is 0 Å². The largest absolute Gasteiger partial charge is 0.392 e. The molecule has 0 fully saturated rings. The maximum Gasteiger partial charge on any atom is 0.233 e. The van der Waals surface area contributed by atoms with E-state index in [-0.39, 0.29) is 18.9 Å². The van der Waals surface area contributed by atoms with Crippen molar-refractivity contribution in [3.05, 3.63) is 41.0 Å². The van der Waals surface area contributed by atoms with E-state index >= 15 is 0 Å². The molecule has 0 aliphatic carbocycles. The Morgan fingerprint density at radius 3 is 2.64 bits per heavy atom. The third-order valence-corrected chi connectivity index (χ3v) is 4.26. The number of fused-ring (bicyclic) bond motifs is 1. The van der Waals surface area contributed by atoms with Gasteiger partial charge in [-0.3, -0.25) is 9.69 Å². The molecule has 1 aromatic heterocycles. The molecular weight excluding hydrogens is 318 g/mol. The van der Waals surface area contributed by atoms with Gasteiger partial charge in [0.15, 0.2) is 0 Å². The molecule has 4 N–H and O–H groups in total. The number of unbranched alkanes of at least 4 members (excludes halogenated alkanes) is 1. The van der Waals surface area contributed by atoms with E-state index in [1.165, 1.54) is 0 Å². The summed E-state index contributed by atoms with van der Waals surface area (Å²) in [5, 5.41) is 12.3. The molecule has 7 heteroatoms. The fourth-order valence-corrected chi connectivity index (χ4v) is 2.80. The molecule has 0 bridgehead atoms. The minimum atomic E-state index is -0.0343. The number of aromatic nitrogens is 2. The summed E-state index contributed by atoms with van der Waals surface area (Å²) in [6.45, 7) is 3.30. The number of nitrogens with two attached hydrogens (primary N) is 1. The average molecular weight is 341 g/mol. The average Bonchev–Trinajstić information content (AvgIpc) is 2.93. The molecule has 3 rings (SSSR count). The van der Waals surface area contributed by atoms with Crippen LogP contribution in [-0.4, -0.2) is 27.5 Å². The summed E-state index contributed by atoms with van der Waals surface area (Å²) in [7, 11) is 0. The van der Waals surface area contributed by atoms with Crippen molar-refractivity contribution >= 4 is 23.5 Å². The zero-order valence-corrected chi connectivity index (χ0v) is 14.3. The van der Waals surface area contributed by atoms with E-state index in [1.807, 2.05) is 24.3 Å². The van der Waals surface area contributed by atoms with Crippen LogP contribution in [-0.2, 0) is 24.4 Å². The van der Waals surface area contributed by atoms with Crippen molar-refractivity contribution in [2.45, 2.75) is 39.3 Å². The van der Waals surface area contributed by atoms with Gasteiger partial charge in [0.1, 0.15) is 11.6 Å². The maximum absolute atomic E-state index is 12.4. The summed E-state index contributed by atoms with van der Waals surface area (Å²) in [6.07, 6.45) is 2.31. The molecule has 0 atom stereocenters. The molecule has 7 nitrogen and oxygen atoms in total. The number of aliphatic hydroxyl groups is 1. The monoisotopic (exact) mass is 341 g/mol. The van der Waals surface area contributed by atoms with Crippen molar-refractivity contribution < 1.29 is 9.90 Å². The summed E-state index contributed by atoms with van der Waals surface area (Å²) in [5.41, 5.74) is 8.53. The second-order valence-electron chi connectivity index (χ2n) is 6.15. The van der Waals surface area contributed by atoms with E-state index in [2.05, 4.69) is 22.2 Å². The quantitative estimate of drug-likeness (QED) is 0.664. The number of carbonyl (C=O) groups excluding carboxylic acids is 1. The van der Waals surface area contributed by atoms with E-state index in [9.17, 15) is 4.79 Å². The van der Waals surface area contributed by atoms with Crippen molar-refractivity contribution in [3.63, 3.8) is 0 Å². The number of nitrogens with zero attached hydrogens (tertiary/aromatic N) is 3. The van der Waals surface area contributed by atoms with Crippen LogP contribution in [0.4, 0.5) is 17.6 Å². The summed E-state index contributed by atoms with van der Waals surface area (Å²) < 4.78 is 0. The lowest BCUT2D eigenvalue weighted by Crippen LogP contribution is -2.26. The predicted molar refractivity (Wildman–Crippen MR) is 97.1 cm³/mol. The third kappa shape index (κ3) is 3.71. The van der Waals surface area contributed by atoms with E-state index in [0.29, 0.717) is 29.7 Å². The highest BCUT2D eigenvalue weighted by molar-refractivity contribution is 6.01. The number of nitrogens with one attached hydrogen (secondary N) is 1. The molecule has 1 aliphatic heterocycles. The summed E-state index contributed by atoms with van der Waals surface area (Å²) in [4.78, 5) is 22.8. The normalized spacial score (nSPS) is 13.2. The minimum absolute atomic E-state index is 0.00229. The first-order valence-corrected chi connectivity index (χ1v) is 8.51. The Labute approximate surface area is 146 Å². The Balaban J connectivity index is 1.83. The van der Waals surface area contributed by atoms with Crippen LogP contribution in [0.25, 0.3) is 0 Å². The highest BCUT2D eigenvalue weighted by Crippen LogP contribution is 2.32. The molecule has 0 saturated carbocycles. The van der Waals surface area contributed by atoms with Gasteiger partial charge in [0.2, 0.25) is 11.9 Å². The van der Waals surface area contributed by atoms with Crippen LogP contribution in [0.5, 0.6) is 0 Å². The van der Waals surface area contributed by atoms with Crippen LogP contribution in [0.2, 0.25) is 0 Å². The van der Waals surface area contributed by atoms with Crippen molar-refractivity contribution in [3.8, 4) is 0 Å². The molecule has 0 saturated heterocycles. The molecule has 1 amide bonds. The predicted octanol–water partition coefficient (Wildman–Crippen LogP) is 1.85. The molecule has 1 aliphatic rings. The van der Waals surface area contributed by atoms with Gasteiger partial charge in [-0.2, -0.15) is 9.97 Å². The molecule has 0 radical (unpaired) electrons. The van der Waals surface area contributed by atoms with Crippen LogP contribution in [0.1, 0.15) is 36.5 Å². The topological polar surface area (TPSA) is 104 Å². The van der Waals surface area contributed by atoms with E-state index in [1.54, 1.807) is 4.90 Å². The number of anilines is 3. The van der Waals surface area contributed by atoms with Crippen LogP contribution in [0, 0.1) is 0 Å². The van der Waals surface area contributed by atoms with E-state index in [0.717, 1.165) is 30.5 Å². The van der Waals surface area contributed by atoms with Crippen molar-refractivity contribution in [1.82, 2.24) is 9.97 Å². The van der Waals surface area contributed by atoms with Crippen LogP contribution >= 0.6 is 0 Å². The second kappa shape index (κ2) is 7.48. The first kappa shape index (κ1) is 17.2. The molecule has 132 valence electrons. The van der Waals surface area contributed by atoms with Gasteiger partial charge < -0.3 is 16.2 Å². The molecule has 0 spiro atoms. The number of benzene rings is 1. The van der Waals surface area contributed by atoms with Gasteiger partial charge in [-0.1, -0.05) is 37.6 Å². The Hall–Kier alpha value is -2.67. The van der Waals surface area contributed by atoms with E-state index < -0.39 is 0 Å². The lowest BCUT2D eigenvalue weighted by atomic mass is 10.1. The third-order valence-electron chi connectivity index (χ3n) is 4.26. The van der Waals surface area contributed by atoms with Crippen LogP contribution < -0.4 is 16.0 Å². The van der Waals surface area contributed by atoms with Gasteiger partial charge in [-0.15, -0.1) is 0 Å². The Bertz CT molecular complexity index is 761. The van der Waals surface area contributed by atoms with Crippen LogP contribution in [0.3, 0.4) is 0 Å². The highest BCUT2D eigenvalue weighted by Gasteiger charge is 2.31. The first-order chi connectivity index (χ1) is 12.1. The highest BCUT2D eigenvalue weighted by atomic mass is 16.3. The molecular formula is C18H23N5O2. The zero-order valence-electron chi connectivity index (χ0n) is 14.3. The molecule has 25 heavy (non-hydrogen) atoms. The number of hydrogen-bond acceptors (Lipinski definition) is 6. The van der Waals surface area contributed by atoms with Gasteiger partial charge in [-0.05, 0) is 17.5 Å². The van der Waals surface area contributed by atoms with Gasteiger partial charge in [0.25, 0.3) is 0 Å². The lowest BCUT2D eigenvalue weighted by molar-refractivity contribution is -0.117. The van der Waals surface area contributed by atoms with Crippen molar-refractivity contribution in [2.75, 3.05) is 22.5 Å². The smallest absolute Gasteiger partial charge is 0.233 e. The summed E-state index contributed by atoms with van der Waals surface area (Å²) in [5.74, 6) is 1.37.